The van der Waals surface area contributed by atoms with Gasteiger partial charge in [0.25, 0.3) is 0 Å². The van der Waals surface area contributed by atoms with Crippen molar-refractivity contribution in [3.8, 4) is 0 Å². The van der Waals surface area contributed by atoms with E-state index in [0.29, 0.717) is 6.54 Å². The van der Waals surface area contributed by atoms with Gasteiger partial charge in [-0.25, -0.2) is 0 Å². The van der Waals surface area contributed by atoms with Crippen molar-refractivity contribution in [2.45, 2.75) is 68.9 Å². The number of rotatable bonds is 5. The van der Waals surface area contributed by atoms with Gasteiger partial charge in [0.15, 0.2) is 0 Å². The summed E-state index contributed by atoms with van der Waals surface area (Å²) in [5.74, 6) is -0.528. The predicted octanol–water partition coefficient (Wildman–Crippen LogP) is 3.87. The lowest BCUT2D eigenvalue weighted by Gasteiger charge is -2.33. The predicted molar refractivity (Wildman–Crippen MR) is 125 cm³/mol. The maximum absolute atomic E-state index is 14.0. The first-order chi connectivity index (χ1) is 16.1. The second kappa shape index (κ2) is 7.84. The van der Waals surface area contributed by atoms with Crippen molar-refractivity contribution in [3.63, 3.8) is 0 Å². The van der Waals surface area contributed by atoms with Crippen LogP contribution < -0.4 is 5.32 Å². The van der Waals surface area contributed by atoms with Crippen molar-refractivity contribution in [2.75, 3.05) is 0 Å². The number of ether oxygens (including phenoxy) is 1. The molecular formula is C28H30N2O3. The lowest BCUT2D eigenvalue weighted by Crippen LogP contribution is -2.55. The maximum atomic E-state index is 14.0. The van der Waals surface area contributed by atoms with Crippen LogP contribution in [0.1, 0.15) is 48.3 Å². The van der Waals surface area contributed by atoms with E-state index in [1.165, 1.54) is 5.56 Å². The first kappa shape index (κ1) is 20.7. The number of amides is 2. The monoisotopic (exact) mass is 442 g/mol. The topological polar surface area (TPSA) is 58.6 Å². The van der Waals surface area contributed by atoms with Gasteiger partial charge >= 0.3 is 0 Å². The molecule has 2 saturated heterocycles. The quantitative estimate of drug-likeness (QED) is 0.715. The van der Waals surface area contributed by atoms with Crippen molar-refractivity contribution in [3.05, 3.63) is 83.4 Å². The largest absolute Gasteiger partial charge is 0.359 e. The standard InChI is InChI=1S/C28H30N2O3/c1-18-11-13-19(14-12-18)17-30-25(26(31)29-21-9-5-6-10-21)28-16-15-22(33-28)23(24(28)27(30)32)20-7-3-2-4-8-20/h2-4,7-8,11-16,21-25H,5-6,9-10,17H2,1H3,(H,29,31)/t22-,23+,24-,25-,28+/m1/s1. The molecule has 170 valence electrons. The molecule has 6 rings (SSSR count). The molecule has 5 nitrogen and oxygen atoms in total. The van der Waals surface area contributed by atoms with Gasteiger partial charge in [0.2, 0.25) is 11.8 Å². The third kappa shape index (κ3) is 3.24. The minimum Gasteiger partial charge on any atom is -0.359 e. The van der Waals surface area contributed by atoms with Crippen LogP contribution in [0.4, 0.5) is 0 Å². The zero-order valence-electron chi connectivity index (χ0n) is 18.9. The lowest BCUT2D eigenvalue weighted by molar-refractivity contribution is -0.140. The summed E-state index contributed by atoms with van der Waals surface area (Å²) in [4.78, 5) is 29.5. The molecule has 4 aliphatic rings. The molecule has 0 aromatic heterocycles. The number of aryl methyl sites for hydroxylation is 1. The summed E-state index contributed by atoms with van der Waals surface area (Å²) in [7, 11) is 0. The fourth-order valence-electron chi connectivity index (χ4n) is 6.44. The van der Waals surface area contributed by atoms with Crippen LogP contribution in [0.5, 0.6) is 0 Å². The Hall–Kier alpha value is -2.92. The molecule has 3 fully saturated rings. The lowest BCUT2D eigenvalue weighted by atomic mass is 9.72. The maximum Gasteiger partial charge on any atom is 0.246 e. The highest BCUT2D eigenvalue weighted by molar-refractivity contribution is 5.97. The third-order valence-corrected chi connectivity index (χ3v) is 7.98. The summed E-state index contributed by atoms with van der Waals surface area (Å²) >= 11 is 0. The number of nitrogens with one attached hydrogen (secondary N) is 1. The van der Waals surface area contributed by atoms with Crippen LogP contribution in [0.25, 0.3) is 0 Å². The fourth-order valence-corrected chi connectivity index (χ4v) is 6.44. The molecule has 5 atom stereocenters. The van der Waals surface area contributed by atoms with Crippen molar-refractivity contribution < 1.29 is 14.3 Å². The van der Waals surface area contributed by atoms with Crippen LogP contribution in [-0.4, -0.2) is 40.5 Å². The molecule has 3 aliphatic heterocycles. The Morgan fingerprint density at radius 2 is 1.82 bits per heavy atom. The molecule has 1 N–H and O–H groups in total. The van der Waals surface area contributed by atoms with E-state index < -0.39 is 11.6 Å². The molecule has 0 unspecified atom stereocenters. The van der Waals surface area contributed by atoms with Gasteiger partial charge in [0.05, 0.1) is 12.0 Å². The van der Waals surface area contributed by atoms with Gasteiger partial charge < -0.3 is 15.0 Å². The molecule has 1 spiro atoms. The summed E-state index contributed by atoms with van der Waals surface area (Å²) in [6.45, 7) is 2.46. The normalized spacial score (nSPS) is 32.5. The summed E-state index contributed by atoms with van der Waals surface area (Å²) < 4.78 is 6.57. The highest BCUT2D eigenvalue weighted by Crippen LogP contribution is 2.58. The molecule has 2 bridgehead atoms. The Morgan fingerprint density at radius 1 is 1.09 bits per heavy atom. The molecule has 2 amide bonds. The van der Waals surface area contributed by atoms with Gasteiger partial charge in [-0.2, -0.15) is 0 Å². The van der Waals surface area contributed by atoms with Gasteiger partial charge in [-0.05, 0) is 30.9 Å². The minimum atomic E-state index is -0.907. The number of fused-ring (bicyclic) bond motifs is 1. The second-order valence-corrected chi connectivity index (χ2v) is 10.1. The molecule has 33 heavy (non-hydrogen) atoms. The van der Waals surface area contributed by atoms with Crippen LogP contribution in [-0.2, 0) is 20.9 Å². The van der Waals surface area contributed by atoms with Crippen molar-refractivity contribution in [1.29, 1.82) is 0 Å². The average molecular weight is 443 g/mol. The molecule has 3 heterocycles. The number of carbonyl (C=O) groups is 2. The van der Waals surface area contributed by atoms with Gasteiger partial charge in [0.1, 0.15) is 11.6 Å². The third-order valence-electron chi connectivity index (χ3n) is 7.98. The van der Waals surface area contributed by atoms with Gasteiger partial charge in [-0.3, -0.25) is 9.59 Å². The Balaban J connectivity index is 1.39. The van der Waals surface area contributed by atoms with Gasteiger partial charge in [-0.15, -0.1) is 0 Å². The van der Waals surface area contributed by atoms with Crippen molar-refractivity contribution in [2.24, 2.45) is 5.92 Å². The zero-order chi connectivity index (χ0) is 22.6. The van der Waals surface area contributed by atoms with Gasteiger partial charge in [-0.1, -0.05) is 85.2 Å². The Morgan fingerprint density at radius 3 is 2.55 bits per heavy atom. The van der Waals surface area contributed by atoms with Crippen LogP contribution in [0, 0.1) is 12.8 Å². The van der Waals surface area contributed by atoms with Crippen molar-refractivity contribution in [1.82, 2.24) is 10.2 Å². The average Bonchev–Trinajstić information content (AvgIpc) is 3.59. The SMILES string of the molecule is Cc1ccc(CN2C(=O)[C@H]3[C@@H](c4ccccc4)[C@H]4C=C[C@@]3(O4)[C@H]2C(=O)NC2CCCC2)cc1. The molecule has 0 radical (unpaired) electrons. The van der Waals surface area contributed by atoms with Crippen LogP contribution in [0.3, 0.4) is 0 Å². The van der Waals surface area contributed by atoms with Crippen molar-refractivity contribution >= 4 is 11.8 Å². The van der Waals surface area contributed by atoms with E-state index in [4.69, 9.17) is 4.74 Å². The van der Waals surface area contributed by atoms with E-state index in [2.05, 4.69) is 35.7 Å². The number of benzene rings is 2. The number of hydrogen-bond donors (Lipinski definition) is 1. The van der Waals surface area contributed by atoms with E-state index in [-0.39, 0.29) is 35.8 Å². The Kier molecular flexibility index (Phi) is 4.91. The minimum absolute atomic E-state index is 0.0165. The highest BCUT2D eigenvalue weighted by atomic mass is 16.5. The number of likely N-dealkylation sites (tertiary alicyclic amines) is 1. The zero-order valence-corrected chi connectivity index (χ0v) is 18.9. The fraction of sp³-hybridized carbons (Fsp3) is 0.429. The van der Waals surface area contributed by atoms with E-state index >= 15 is 0 Å². The summed E-state index contributed by atoms with van der Waals surface area (Å²) in [6, 6.07) is 17.9. The van der Waals surface area contributed by atoms with E-state index in [0.717, 1.165) is 36.8 Å². The van der Waals surface area contributed by atoms with E-state index in [9.17, 15) is 9.59 Å². The molecule has 5 heteroatoms. The molecule has 1 aliphatic carbocycles. The molecule has 2 aromatic carbocycles. The molecular weight excluding hydrogens is 412 g/mol. The summed E-state index contributed by atoms with van der Waals surface area (Å²) in [5.41, 5.74) is 2.39. The summed E-state index contributed by atoms with van der Waals surface area (Å²) in [5, 5.41) is 3.26. The number of carbonyl (C=O) groups excluding carboxylic acids is 2. The van der Waals surface area contributed by atoms with E-state index in [1.807, 2.05) is 43.3 Å². The summed E-state index contributed by atoms with van der Waals surface area (Å²) in [6.07, 6.45) is 8.19. The highest BCUT2D eigenvalue weighted by Gasteiger charge is 2.71. The molecule has 1 saturated carbocycles. The van der Waals surface area contributed by atoms with Crippen LogP contribution >= 0.6 is 0 Å². The molecule has 2 aromatic rings. The second-order valence-electron chi connectivity index (χ2n) is 10.1. The Bertz CT molecular complexity index is 1090. The van der Waals surface area contributed by atoms with E-state index in [1.54, 1.807) is 4.90 Å². The van der Waals surface area contributed by atoms with Crippen LogP contribution in [0.2, 0.25) is 0 Å². The Labute approximate surface area is 194 Å². The number of hydrogen-bond acceptors (Lipinski definition) is 3. The smallest absolute Gasteiger partial charge is 0.246 e. The number of nitrogens with zero attached hydrogens (tertiary/aromatic N) is 1. The van der Waals surface area contributed by atoms with Gasteiger partial charge in [0, 0.05) is 18.5 Å². The first-order valence-electron chi connectivity index (χ1n) is 12.2. The van der Waals surface area contributed by atoms with Crippen LogP contribution in [0.15, 0.2) is 66.7 Å². The first-order valence-corrected chi connectivity index (χ1v) is 12.2.